The van der Waals surface area contributed by atoms with E-state index in [0.717, 1.165) is 45.1 Å². The fraction of sp³-hybridized carbons (Fsp3) is 1.00. The van der Waals surface area contributed by atoms with E-state index >= 15 is 0 Å². The maximum atomic E-state index is 12.7. The van der Waals surface area contributed by atoms with Crippen LogP contribution in [0.15, 0.2) is 0 Å². The predicted octanol–water partition coefficient (Wildman–Crippen LogP) is 1.61. The third kappa shape index (κ3) is 3.90. The van der Waals surface area contributed by atoms with Gasteiger partial charge in [0.2, 0.25) is 0 Å². The molecule has 0 radical (unpaired) electrons. The zero-order chi connectivity index (χ0) is 13.7. The molecule has 2 aliphatic rings. The first kappa shape index (κ1) is 15.2. The average molecular weight is 290 g/mol. The summed E-state index contributed by atoms with van der Waals surface area (Å²) < 4.78 is 34.1. The summed E-state index contributed by atoms with van der Waals surface area (Å²) >= 11 is 0. The average Bonchev–Trinajstić information content (AvgIpc) is 2.74. The Hall–Kier alpha value is -0.170. The second-order valence-electron chi connectivity index (χ2n) is 5.41. The highest BCUT2D eigenvalue weighted by Crippen LogP contribution is 2.19. The van der Waals surface area contributed by atoms with Gasteiger partial charge in [0.05, 0.1) is 6.10 Å². The van der Waals surface area contributed by atoms with Crippen molar-refractivity contribution in [1.82, 2.24) is 8.61 Å². The molecular weight excluding hydrogens is 264 g/mol. The molecule has 2 fully saturated rings. The van der Waals surface area contributed by atoms with Crippen molar-refractivity contribution in [2.75, 3.05) is 32.8 Å². The molecular formula is C13H26N2O3S. The molecule has 112 valence electrons. The van der Waals surface area contributed by atoms with E-state index in [-0.39, 0.29) is 6.10 Å². The smallest absolute Gasteiger partial charge is 0.282 e. The largest absolute Gasteiger partial charge is 0.377 e. The number of rotatable bonds is 5. The van der Waals surface area contributed by atoms with Gasteiger partial charge in [-0.1, -0.05) is 19.8 Å². The van der Waals surface area contributed by atoms with Gasteiger partial charge in [0, 0.05) is 32.8 Å². The molecule has 1 atom stereocenters. The summed E-state index contributed by atoms with van der Waals surface area (Å²) in [4.78, 5) is 0. The van der Waals surface area contributed by atoms with Crippen molar-refractivity contribution < 1.29 is 13.2 Å². The molecule has 2 heterocycles. The molecule has 2 aliphatic heterocycles. The molecule has 2 rings (SSSR count). The normalized spacial score (nSPS) is 26.7. The summed E-state index contributed by atoms with van der Waals surface area (Å²) in [5, 5.41) is 0. The molecule has 0 spiro atoms. The maximum Gasteiger partial charge on any atom is 0.282 e. The summed E-state index contributed by atoms with van der Waals surface area (Å²) in [5.41, 5.74) is 0. The van der Waals surface area contributed by atoms with E-state index in [4.69, 9.17) is 4.74 Å². The fourth-order valence-corrected chi connectivity index (χ4v) is 4.56. The highest BCUT2D eigenvalue weighted by molar-refractivity contribution is 7.86. The van der Waals surface area contributed by atoms with Crippen molar-refractivity contribution >= 4 is 10.2 Å². The zero-order valence-corrected chi connectivity index (χ0v) is 12.7. The standard InChI is InChI=1S/C13H26N2O3S/c1-2-14(12-13-8-7-11-18-13)19(16,17)15-9-5-3-4-6-10-15/h13H,2-12H2,1H3/t13-/m0/s1. The first-order valence-corrected chi connectivity index (χ1v) is 8.91. The summed E-state index contributed by atoms with van der Waals surface area (Å²) in [6, 6.07) is 0. The Labute approximate surface area is 117 Å². The van der Waals surface area contributed by atoms with Crippen LogP contribution < -0.4 is 0 Å². The number of hydrogen-bond acceptors (Lipinski definition) is 3. The lowest BCUT2D eigenvalue weighted by Gasteiger charge is -2.29. The monoisotopic (exact) mass is 290 g/mol. The predicted molar refractivity (Wildman–Crippen MR) is 75.2 cm³/mol. The van der Waals surface area contributed by atoms with Gasteiger partial charge in [0.25, 0.3) is 10.2 Å². The van der Waals surface area contributed by atoms with E-state index in [1.54, 1.807) is 8.61 Å². The molecule has 0 amide bonds. The maximum absolute atomic E-state index is 12.7. The molecule has 6 heteroatoms. The van der Waals surface area contributed by atoms with Crippen LogP contribution in [-0.4, -0.2) is 55.9 Å². The minimum absolute atomic E-state index is 0.0849. The van der Waals surface area contributed by atoms with E-state index in [2.05, 4.69) is 0 Å². The number of hydrogen-bond donors (Lipinski definition) is 0. The Bertz CT molecular complexity index is 358. The molecule has 2 saturated heterocycles. The van der Waals surface area contributed by atoms with Gasteiger partial charge >= 0.3 is 0 Å². The quantitative estimate of drug-likeness (QED) is 0.773. The van der Waals surface area contributed by atoms with E-state index in [9.17, 15) is 8.42 Å². The van der Waals surface area contributed by atoms with Crippen LogP contribution in [0.1, 0.15) is 45.4 Å². The van der Waals surface area contributed by atoms with Gasteiger partial charge in [-0.3, -0.25) is 0 Å². The molecule has 0 aliphatic carbocycles. The molecule has 0 aromatic carbocycles. The van der Waals surface area contributed by atoms with Gasteiger partial charge in [-0.05, 0) is 25.7 Å². The van der Waals surface area contributed by atoms with Gasteiger partial charge in [-0.15, -0.1) is 0 Å². The number of ether oxygens (including phenoxy) is 1. The van der Waals surface area contributed by atoms with Crippen LogP contribution in [0.2, 0.25) is 0 Å². The molecule has 0 aromatic heterocycles. The summed E-state index contributed by atoms with van der Waals surface area (Å²) in [5.74, 6) is 0. The lowest BCUT2D eigenvalue weighted by Crippen LogP contribution is -2.46. The summed E-state index contributed by atoms with van der Waals surface area (Å²) in [7, 11) is -3.30. The Balaban J connectivity index is 2.01. The van der Waals surface area contributed by atoms with Crippen LogP contribution in [0, 0.1) is 0 Å². The summed E-state index contributed by atoms with van der Waals surface area (Å²) in [6.07, 6.45) is 6.36. The molecule has 0 unspecified atom stereocenters. The number of likely N-dealkylation sites (N-methyl/N-ethyl adjacent to an activating group) is 1. The summed E-state index contributed by atoms with van der Waals surface area (Å²) in [6.45, 7) is 5.05. The van der Waals surface area contributed by atoms with Crippen LogP contribution >= 0.6 is 0 Å². The Kier molecular flexibility index (Phi) is 5.62. The molecule has 0 aromatic rings. The van der Waals surface area contributed by atoms with Gasteiger partial charge in [0.1, 0.15) is 0 Å². The van der Waals surface area contributed by atoms with Crippen LogP contribution in [0.4, 0.5) is 0 Å². The van der Waals surface area contributed by atoms with Gasteiger partial charge in [-0.2, -0.15) is 17.0 Å². The molecule has 19 heavy (non-hydrogen) atoms. The van der Waals surface area contributed by atoms with Crippen molar-refractivity contribution in [2.45, 2.75) is 51.6 Å². The third-order valence-corrected chi connectivity index (χ3v) is 6.08. The van der Waals surface area contributed by atoms with Gasteiger partial charge in [-0.25, -0.2) is 0 Å². The number of nitrogens with zero attached hydrogens (tertiary/aromatic N) is 2. The van der Waals surface area contributed by atoms with Crippen LogP contribution in [0.3, 0.4) is 0 Å². The van der Waals surface area contributed by atoms with Crippen LogP contribution in [-0.2, 0) is 14.9 Å². The zero-order valence-electron chi connectivity index (χ0n) is 11.9. The van der Waals surface area contributed by atoms with E-state index in [0.29, 0.717) is 26.2 Å². The first-order chi connectivity index (χ1) is 9.14. The van der Waals surface area contributed by atoms with Gasteiger partial charge in [0.15, 0.2) is 0 Å². The topological polar surface area (TPSA) is 49.9 Å². The van der Waals surface area contributed by atoms with E-state index < -0.39 is 10.2 Å². The van der Waals surface area contributed by atoms with Crippen molar-refractivity contribution in [1.29, 1.82) is 0 Å². The second kappa shape index (κ2) is 7.02. The lowest BCUT2D eigenvalue weighted by molar-refractivity contribution is 0.0931. The highest BCUT2D eigenvalue weighted by atomic mass is 32.2. The van der Waals surface area contributed by atoms with Crippen LogP contribution in [0.25, 0.3) is 0 Å². The Morgan fingerprint density at radius 3 is 2.37 bits per heavy atom. The van der Waals surface area contributed by atoms with E-state index in [1.807, 2.05) is 6.92 Å². The second-order valence-corrected chi connectivity index (χ2v) is 7.34. The highest BCUT2D eigenvalue weighted by Gasteiger charge is 2.31. The van der Waals surface area contributed by atoms with E-state index in [1.165, 1.54) is 0 Å². The van der Waals surface area contributed by atoms with Crippen molar-refractivity contribution in [3.63, 3.8) is 0 Å². The van der Waals surface area contributed by atoms with Crippen molar-refractivity contribution in [2.24, 2.45) is 0 Å². The Morgan fingerprint density at radius 2 is 1.84 bits per heavy atom. The van der Waals surface area contributed by atoms with Crippen molar-refractivity contribution in [3.05, 3.63) is 0 Å². The first-order valence-electron chi connectivity index (χ1n) is 7.51. The SMILES string of the molecule is CCN(C[C@@H]1CCCO1)S(=O)(=O)N1CCCCCC1. The van der Waals surface area contributed by atoms with Crippen molar-refractivity contribution in [3.8, 4) is 0 Å². The third-order valence-electron chi connectivity index (χ3n) is 4.00. The molecule has 0 N–H and O–H groups in total. The van der Waals surface area contributed by atoms with Gasteiger partial charge < -0.3 is 4.74 Å². The minimum atomic E-state index is -3.30. The Morgan fingerprint density at radius 1 is 1.16 bits per heavy atom. The molecule has 0 bridgehead atoms. The molecule has 5 nitrogen and oxygen atoms in total. The fourth-order valence-electron chi connectivity index (χ4n) is 2.84. The molecule has 0 saturated carbocycles. The minimum Gasteiger partial charge on any atom is -0.377 e. The van der Waals surface area contributed by atoms with Crippen LogP contribution in [0.5, 0.6) is 0 Å². The lowest BCUT2D eigenvalue weighted by atomic mass is 10.2.